The number of Topliss-reactive ketones (excluding diaryl/α,β-unsaturated/α-hetero) is 1. The number of benzene rings is 1. The smallest absolute Gasteiger partial charge is 0.289 e. The lowest BCUT2D eigenvalue weighted by Crippen LogP contribution is -2.58. The van der Waals surface area contributed by atoms with E-state index >= 15 is 0 Å². The van der Waals surface area contributed by atoms with Crippen molar-refractivity contribution in [3.63, 3.8) is 0 Å². The van der Waals surface area contributed by atoms with Gasteiger partial charge in [-0.3, -0.25) is 24.0 Å². The fourth-order valence-electron chi connectivity index (χ4n) is 7.19. The second-order valence-corrected chi connectivity index (χ2v) is 13.3. The number of nitrogens with zero attached hydrogens (tertiary/aromatic N) is 2. The molecule has 3 heterocycles. The van der Waals surface area contributed by atoms with Crippen molar-refractivity contribution < 1.29 is 24.0 Å². The van der Waals surface area contributed by atoms with Gasteiger partial charge in [-0.15, -0.1) is 11.3 Å². The SMILES string of the molecule is O=C(NC1CC1)C(=O)C(CC1CCNC1=O)NC(=O)C1C2CC(CC23CC3)N1C(=O)c1ncc(-c2ccccc2)s1. The van der Waals surface area contributed by atoms with Crippen LogP contribution in [0.2, 0.25) is 0 Å². The second kappa shape index (κ2) is 10.0. The predicted molar refractivity (Wildman–Crippen MR) is 150 cm³/mol. The first-order valence-electron chi connectivity index (χ1n) is 14.6. The fourth-order valence-corrected chi connectivity index (χ4v) is 8.05. The maximum Gasteiger partial charge on any atom is 0.289 e. The van der Waals surface area contributed by atoms with Gasteiger partial charge in [0.1, 0.15) is 6.04 Å². The van der Waals surface area contributed by atoms with E-state index in [0.717, 1.165) is 49.0 Å². The summed E-state index contributed by atoms with van der Waals surface area (Å²) in [6, 6.07) is 7.78. The summed E-state index contributed by atoms with van der Waals surface area (Å²) in [6.45, 7) is 0.503. The zero-order valence-corrected chi connectivity index (χ0v) is 23.5. The van der Waals surface area contributed by atoms with Crippen molar-refractivity contribution in [1.82, 2.24) is 25.8 Å². The van der Waals surface area contributed by atoms with Gasteiger partial charge in [0.15, 0.2) is 5.01 Å². The minimum atomic E-state index is -1.13. The van der Waals surface area contributed by atoms with E-state index in [9.17, 15) is 24.0 Å². The van der Waals surface area contributed by atoms with Gasteiger partial charge in [0.05, 0.1) is 10.9 Å². The molecule has 2 bridgehead atoms. The highest BCUT2D eigenvalue weighted by Crippen LogP contribution is 2.67. The molecule has 7 rings (SSSR count). The third-order valence-electron chi connectivity index (χ3n) is 9.62. The monoisotopic (exact) mass is 575 g/mol. The number of ketones is 1. The Kier molecular flexibility index (Phi) is 6.44. The standard InChI is InChI=1S/C30H33N5O5S/c36-24(27(39)33-18-6-7-18)21(12-17-8-11-31-25(17)37)34-26(38)23-20-13-19(14-30(20)9-10-30)35(23)29(40)28-32-15-22(41-28)16-4-2-1-3-5-16/h1-5,15,17-21,23H,6-14H2,(H,31,37)(H,33,39)(H,34,38). The first-order chi connectivity index (χ1) is 19.8. The van der Waals surface area contributed by atoms with E-state index in [-0.39, 0.29) is 41.7 Å². The van der Waals surface area contributed by atoms with E-state index in [2.05, 4.69) is 20.9 Å². The van der Waals surface area contributed by atoms with Crippen LogP contribution in [0.5, 0.6) is 0 Å². The summed E-state index contributed by atoms with van der Waals surface area (Å²) in [4.78, 5) is 73.3. The zero-order valence-electron chi connectivity index (χ0n) is 22.6. The Morgan fingerprint density at radius 1 is 1.12 bits per heavy atom. The number of amides is 4. The zero-order chi connectivity index (χ0) is 28.3. The van der Waals surface area contributed by atoms with Crippen LogP contribution in [0, 0.1) is 17.3 Å². The summed E-state index contributed by atoms with van der Waals surface area (Å²) in [6.07, 6.45) is 7.62. The van der Waals surface area contributed by atoms with E-state index < -0.39 is 35.6 Å². The van der Waals surface area contributed by atoms with Crippen molar-refractivity contribution in [1.29, 1.82) is 0 Å². The van der Waals surface area contributed by atoms with Crippen LogP contribution in [0.3, 0.4) is 0 Å². The maximum atomic E-state index is 14.0. The lowest BCUT2D eigenvalue weighted by Gasteiger charge is -2.38. The number of nitrogens with one attached hydrogen (secondary N) is 3. The molecular weight excluding hydrogens is 542 g/mol. The van der Waals surface area contributed by atoms with Crippen LogP contribution in [0.15, 0.2) is 36.5 Å². The Morgan fingerprint density at radius 3 is 2.59 bits per heavy atom. The van der Waals surface area contributed by atoms with Crippen molar-refractivity contribution in [2.24, 2.45) is 17.3 Å². The van der Waals surface area contributed by atoms with Crippen molar-refractivity contribution in [3.8, 4) is 10.4 Å². The molecule has 3 aliphatic carbocycles. The number of hydrogen-bond acceptors (Lipinski definition) is 7. The topological polar surface area (TPSA) is 138 Å². The minimum absolute atomic E-state index is 0.00386. The van der Waals surface area contributed by atoms with Crippen LogP contribution in [-0.4, -0.2) is 70.0 Å². The number of rotatable bonds is 9. The van der Waals surface area contributed by atoms with Crippen LogP contribution in [-0.2, 0) is 19.2 Å². The van der Waals surface area contributed by atoms with Gasteiger partial charge >= 0.3 is 0 Å². The molecule has 3 saturated carbocycles. The summed E-state index contributed by atoms with van der Waals surface area (Å²) in [5.41, 5.74) is 1.04. The van der Waals surface area contributed by atoms with Gasteiger partial charge in [0, 0.05) is 30.7 Å². The number of fused-ring (bicyclic) bond motifs is 3. The molecule has 5 unspecified atom stereocenters. The highest BCUT2D eigenvalue weighted by molar-refractivity contribution is 7.17. The molecule has 1 aromatic heterocycles. The quantitative estimate of drug-likeness (QED) is 0.392. The normalized spacial score (nSPS) is 27.9. The average molecular weight is 576 g/mol. The number of aromatic nitrogens is 1. The molecule has 11 heteroatoms. The lowest BCUT2D eigenvalue weighted by atomic mass is 9.83. The molecule has 2 saturated heterocycles. The van der Waals surface area contributed by atoms with Gasteiger partial charge in [-0.1, -0.05) is 30.3 Å². The molecule has 3 N–H and O–H groups in total. The Labute approximate surface area is 241 Å². The van der Waals surface area contributed by atoms with E-state index in [0.29, 0.717) is 18.0 Å². The van der Waals surface area contributed by atoms with E-state index in [4.69, 9.17) is 0 Å². The van der Waals surface area contributed by atoms with Crippen LogP contribution in [0.4, 0.5) is 0 Å². The summed E-state index contributed by atoms with van der Waals surface area (Å²) >= 11 is 1.31. The van der Waals surface area contributed by atoms with Gasteiger partial charge in [-0.2, -0.15) is 0 Å². The van der Waals surface area contributed by atoms with Gasteiger partial charge in [0.25, 0.3) is 11.8 Å². The minimum Gasteiger partial charge on any atom is -0.356 e. The summed E-state index contributed by atoms with van der Waals surface area (Å²) < 4.78 is 0. The lowest BCUT2D eigenvalue weighted by molar-refractivity contribution is -0.141. The molecule has 214 valence electrons. The molecule has 1 aromatic carbocycles. The number of thiazole rings is 1. The third kappa shape index (κ3) is 4.83. The van der Waals surface area contributed by atoms with E-state index in [1.165, 1.54) is 11.3 Å². The Bertz CT molecular complexity index is 1420. The number of carbonyl (C=O) groups is 5. The molecule has 5 fully saturated rings. The van der Waals surface area contributed by atoms with Crippen molar-refractivity contribution in [2.75, 3.05) is 6.54 Å². The first kappa shape index (κ1) is 26.3. The van der Waals surface area contributed by atoms with Crippen molar-refractivity contribution >= 4 is 40.7 Å². The Balaban J connectivity index is 1.14. The van der Waals surface area contributed by atoms with E-state index in [1.54, 1.807) is 11.1 Å². The Hall–Kier alpha value is -3.60. The van der Waals surface area contributed by atoms with Gasteiger partial charge in [-0.05, 0) is 68.3 Å². The fraction of sp³-hybridized carbons (Fsp3) is 0.533. The van der Waals surface area contributed by atoms with Crippen molar-refractivity contribution in [3.05, 3.63) is 41.5 Å². The predicted octanol–water partition coefficient (Wildman–Crippen LogP) is 2.05. The highest BCUT2D eigenvalue weighted by Gasteiger charge is 2.67. The molecule has 41 heavy (non-hydrogen) atoms. The molecule has 5 atom stereocenters. The summed E-state index contributed by atoms with van der Waals surface area (Å²) in [7, 11) is 0. The highest BCUT2D eigenvalue weighted by atomic mass is 32.1. The van der Waals surface area contributed by atoms with Gasteiger partial charge < -0.3 is 20.9 Å². The van der Waals surface area contributed by atoms with Crippen molar-refractivity contribution in [2.45, 2.75) is 75.5 Å². The number of piperidine rings is 1. The molecular formula is C30H33N5O5S. The number of likely N-dealkylation sites (tertiary alicyclic amines) is 1. The van der Waals surface area contributed by atoms with Gasteiger partial charge in [-0.25, -0.2) is 4.98 Å². The molecule has 10 nitrogen and oxygen atoms in total. The maximum absolute atomic E-state index is 14.0. The molecule has 2 aromatic rings. The van der Waals surface area contributed by atoms with Crippen LogP contribution in [0.25, 0.3) is 10.4 Å². The van der Waals surface area contributed by atoms with Gasteiger partial charge in [0.2, 0.25) is 17.6 Å². The molecule has 1 spiro atoms. The van der Waals surface area contributed by atoms with E-state index in [1.807, 2.05) is 30.3 Å². The van der Waals surface area contributed by atoms with Crippen LogP contribution < -0.4 is 16.0 Å². The molecule has 5 aliphatic rings. The molecule has 0 radical (unpaired) electrons. The summed E-state index contributed by atoms with van der Waals surface area (Å²) in [5, 5.41) is 8.67. The number of carbonyl (C=O) groups excluding carboxylic acids is 5. The summed E-state index contributed by atoms with van der Waals surface area (Å²) in [5.74, 6) is -2.80. The van der Waals surface area contributed by atoms with Crippen LogP contribution in [0.1, 0.15) is 61.2 Å². The second-order valence-electron chi connectivity index (χ2n) is 12.3. The largest absolute Gasteiger partial charge is 0.356 e. The third-order valence-corrected chi connectivity index (χ3v) is 10.7. The van der Waals surface area contributed by atoms with Crippen LogP contribution >= 0.6 is 11.3 Å². The molecule has 2 aliphatic heterocycles. The first-order valence-corrected chi connectivity index (χ1v) is 15.4. The molecule has 4 amide bonds. The average Bonchev–Trinajstić information content (AvgIpc) is 3.71. The Morgan fingerprint density at radius 2 is 1.90 bits per heavy atom. The number of hydrogen-bond donors (Lipinski definition) is 3.